The Morgan fingerprint density at radius 2 is 2.17 bits per heavy atom. The summed E-state index contributed by atoms with van der Waals surface area (Å²) in [6, 6.07) is 0.753. The molecule has 102 valence electrons. The van der Waals surface area contributed by atoms with Crippen molar-refractivity contribution in [2.45, 2.75) is 58.7 Å². The van der Waals surface area contributed by atoms with Gasteiger partial charge >= 0.3 is 0 Å². The van der Waals surface area contributed by atoms with Crippen molar-refractivity contribution >= 4 is 11.3 Å². The number of hydrogen-bond donors (Lipinski definition) is 1. The van der Waals surface area contributed by atoms with Gasteiger partial charge in [-0.15, -0.1) is 11.3 Å². The maximum atomic E-state index is 5.58. The number of aromatic nitrogens is 1. The summed E-state index contributed by atoms with van der Waals surface area (Å²) in [6.45, 7) is 7.52. The van der Waals surface area contributed by atoms with Crippen molar-refractivity contribution in [3.8, 4) is 0 Å². The monoisotopic (exact) mass is 268 g/mol. The molecule has 1 fully saturated rings. The van der Waals surface area contributed by atoms with Gasteiger partial charge in [0, 0.05) is 24.6 Å². The summed E-state index contributed by atoms with van der Waals surface area (Å²) in [4.78, 5) is 6.16. The molecule has 0 saturated heterocycles. The number of nitrogens with one attached hydrogen (secondary N) is 1. The molecule has 2 rings (SSSR count). The lowest BCUT2D eigenvalue weighted by molar-refractivity contribution is 0.0643. The Morgan fingerprint density at radius 3 is 2.67 bits per heavy atom. The van der Waals surface area contributed by atoms with Crippen LogP contribution in [0.1, 0.15) is 55.3 Å². The second-order valence-electron chi connectivity index (χ2n) is 5.33. The zero-order valence-electron chi connectivity index (χ0n) is 11.8. The van der Waals surface area contributed by atoms with Gasteiger partial charge in [-0.25, -0.2) is 4.98 Å². The summed E-state index contributed by atoms with van der Waals surface area (Å²) < 4.78 is 5.58. The standard InChI is InChI=1S/C14H24N2OS/c1-5-11-12(8-15-10-6-7-10)18-14(16-11)13(17-4)9(2)3/h9-10,13,15H,5-8H2,1-4H3. The van der Waals surface area contributed by atoms with E-state index in [4.69, 9.17) is 9.72 Å². The molecule has 0 aromatic carbocycles. The molecule has 18 heavy (non-hydrogen) atoms. The number of methoxy groups -OCH3 is 1. The van der Waals surface area contributed by atoms with Crippen LogP contribution in [0.2, 0.25) is 0 Å². The Kier molecular flexibility index (Phi) is 4.76. The predicted molar refractivity (Wildman–Crippen MR) is 75.9 cm³/mol. The predicted octanol–water partition coefficient (Wildman–Crippen LogP) is 3.30. The molecule has 1 aromatic rings. The van der Waals surface area contributed by atoms with Crippen LogP contribution in [0, 0.1) is 5.92 Å². The van der Waals surface area contributed by atoms with Crippen molar-refractivity contribution in [1.29, 1.82) is 0 Å². The maximum absolute atomic E-state index is 5.58. The minimum Gasteiger partial charge on any atom is -0.374 e. The summed E-state index contributed by atoms with van der Waals surface area (Å²) in [7, 11) is 1.78. The summed E-state index contributed by atoms with van der Waals surface area (Å²) in [5.41, 5.74) is 1.24. The van der Waals surface area contributed by atoms with Crippen molar-refractivity contribution < 1.29 is 4.74 Å². The molecule has 1 heterocycles. The quantitative estimate of drug-likeness (QED) is 0.824. The van der Waals surface area contributed by atoms with Crippen LogP contribution in [-0.2, 0) is 17.7 Å². The first-order valence-electron chi connectivity index (χ1n) is 6.90. The fourth-order valence-electron chi connectivity index (χ4n) is 2.12. The Morgan fingerprint density at radius 1 is 1.44 bits per heavy atom. The molecule has 4 heteroatoms. The van der Waals surface area contributed by atoms with E-state index in [1.807, 2.05) is 11.3 Å². The van der Waals surface area contributed by atoms with E-state index in [0.717, 1.165) is 24.0 Å². The van der Waals surface area contributed by atoms with Gasteiger partial charge in [-0.2, -0.15) is 0 Å². The van der Waals surface area contributed by atoms with Crippen molar-refractivity contribution in [2.24, 2.45) is 5.92 Å². The van der Waals surface area contributed by atoms with E-state index in [2.05, 4.69) is 26.1 Å². The molecule has 3 nitrogen and oxygen atoms in total. The van der Waals surface area contributed by atoms with Crippen LogP contribution in [0.15, 0.2) is 0 Å². The lowest BCUT2D eigenvalue weighted by Gasteiger charge is -2.16. The second-order valence-corrected chi connectivity index (χ2v) is 6.45. The summed E-state index contributed by atoms with van der Waals surface area (Å²) in [5.74, 6) is 0.468. The molecular weight excluding hydrogens is 244 g/mol. The van der Waals surface area contributed by atoms with Gasteiger partial charge in [-0.3, -0.25) is 0 Å². The first kappa shape index (κ1) is 14.0. The lowest BCUT2D eigenvalue weighted by atomic mass is 10.1. The topological polar surface area (TPSA) is 34.1 Å². The molecule has 1 aliphatic carbocycles. The molecule has 0 spiro atoms. The third-order valence-electron chi connectivity index (χ3n) is 3.36. The smallest absolute Gasteiger partial charge is 0.122 e. The summed E-state index contributed by atoms with van der Waals surface area (Å²) in [6.07, 6.45) is 3.81. The van der Waals surface area contributed by atoms with Gasteiger partial charge in [0.15, 0.2) is 0 Å². The number of nitrogens with zero attached hydrogens (tertiary/aromatic N) is 1. The lowest BCUT2D eigenvalue weighted by Crippen LogP contribution is -2.15. The molecule has 0 radical (unpaired) electrons. The van der Waals surface area contributed by atoms with Crippen LogP contribution in [-0.4, -0.2) is 18.1 Å². The van der Waals surface area contributed by atoms with E-state index in [0.29, 0.717) is 5.92 Å². The van der Waals surface area contributed by atoms with Gasteiger partial charge in [0.25, 0.3) is 0 Å². The molecule has 1 unspecified atom stereocenters. The van der Waals surface area contributed by atoms with Crippen LogP contribution >= 0.6 is 11.3 Å². The van der Waals surface area contributed by atoms with E-state index in [1.54, 1.807) is 7.11 Å². The number of thiazole rings is 1. The molecule has 1 N–H and O–H groups in total. The fourth-order valence-corrected chi connectivity index (χ4v) is 3.48. The Hall–Kier alpha value is -0.450. The van der Waals surface area contributed by atoms with Gasteiger partial charge in [0.2, 0.25) is 0 Å². The van der Waals surface area contributed by atoms with Gasteiger partial charge in [-0.05, 0) is 25.2 Å². The molecule has 0 amide bonds. The third-order valence-corrected chi connectivity index (χ3v) is 4.52. The van der Waals surface area contributed by atoms with Crippen molar-refractivity contribution in [2.75, 3.05) is 7.11 Å². The van der Waals surface area contributed by atoms with E-state index < -0.39 is 0 Å². The number of rotatable bonds is 7. The van der Waals surface area contributed by atoms with Crippen LogP contribution in [0.5, 0.6) is 0 Å². The molecule has 1 aromatic heterocycles. The van der Waals surface area contributed by atoms with Crippen LogP contribution < -0.4 is 5.32 Å². The zero-order valence-corrected chi connectivity index (χ0v) is 12.6. The molecule has 0 aliphatic heterocycles. The molecule has 1 atom stereocenters. The largest absolute Gasteiger partial charge is 0.374 e. The average molecular weight is 268 g/mol. The Balaban J connectivity index is 2.10. The first-order valence-corrected chi connectivity index (χ1v) is 7.72. The highest BCUT2D eigenvalue weighted by molar-refractivity contribution is 7.11. The highest BCUT2D eigenvalue weighted by Crippen LogP contribution is 2.31. The zero-order chi connectivity index (χ0) is 13.1. The Labute approximate surface area is 114 Å². The molecule has 1 saturated carbocycles. The van der Waals surface area contributed by atoms with E-state index >= 15 is 0 Å². The van der Waals surface area contributed by atoms with E-state index in [1.165, 1.54) is 23.4 Å². The van der Waals surface area contributed by atoms with Crippen molar-refractivity contribution in [3.05, 3.63) is 15.6 Å². The normalized spacial score (nSPS) is 17.4. The highest BCUT2D eigenvalue weighted by atomic mass is 32.1. The minimum absolute atomic E-state index is 0.134. The summed E-state index contributed by atoms with van der Waals surface area (Å²) in [5, 5.41) is 4.71. The average Bonchev–Trinajstić information content (AvgIpc) is 3.08. The van der Waals surface area contributed by atoms with E-state index in [-0.39, 0.29) is 6.10 Å². The van der Waals surface area contributed by atoms with Crippen LogP contribution in [0.25, 0.3) is 0 Å². The van der Waals surface area contributed by atoms with Crippen molar-refractivity contribution in [1.82, 2.24) is 10.3 Å². The first-order chi connectivity index (χ1) is 8.65. The number of ether oxygens (including phenoxy) is 1. The minimum atomic E-state index is 0.134. The van der Waals surface area contributed by atoms with Crippen LogP contribution in [0.3, 0.4) is 0 Å². The van der Waals surface area contributed by atoms with Gasteiger partial charge in [0.1, 0.15) is 11.1 Å². The second kappa shape index (κ2) is 6.13. The van der Waals surface area contributed by atoms with Gasteiger partial charge in [-0.1, -0.05) is 20.8 Å². The SMILES string of the molecule is CCc1nc(C(OC)C(C)C)sc1CNC1CC1. The number of hydrogen-bond acceptors (Lipinski definition) is 4. The third kappa shape index (κ3) is 3.31. The Bertz CT molecular complexity index is 385. The molecule has 1 aliphatic rings. The van der Waals surface area contributed by atoms with Crippen molar-refractivity contribution in [3.63, 3.8) is 0 Å². The van der Waals surface area contributed by atoms with Gasteiger partial charge in [0.05, 0.1) is 5.69 Å². The van der Waals surface area contributed by atoms with Crippen LogP contribution in [0.4, 0.5) is 0 Å². The number of aryl methyl sites for hydroxylation is 1. The maximum Gasteiger partial charge on any atom is 0.122 e. The molecular formula is C14H24N2OS. The summed E-state index contributed by atoms with van der Waals surface area (Å²) >= 11 is 1.82. The highest BCUT2D eigenvalue weighted by Gasteiger charge is 2.24. The fraction of sp³-hybridized carbons (Fsp3) is 0.786. The molecule has 0 bridgehead atoms. The van der Waals surface area contributed by atoms with Gasteiger partial charge < -0.3 is 10.1 Å². The van der Waals surface area contributed by atoms with E-state index in [9.17, 15) is 0 Å².